The minimum atomic E-state index is -0.193. The normalized spacial score (nSPS) is 32.1. The van der Waals surface area contributed by atoms with Crippen molar-refractivity contribution in [2.45, 2.75) is 167 Å². The van der Waals surface area contributed by atoms with Gasteiger partial charge in [0, 0.05) is 51.2 Å². The highest BCUT2D eigenvalue weighted by molar-refractivity contribution is 6.56. The van der Waals surface area contributed by atoms with Crippen molar-refractivity contribution in [3.63, 3.8) is 0 Å². The number of benzene rings is 14. The Morgan fingerprint density at radius 2 is 1.03 bits per heavy atom. The van der Waals surface area contributed by atoms with Crippen LogP contribution in [0, 0.1) is 23.2 Å². The minimum Gasteiger partial charge on any atom is -0.469 e. The predicted molar refractivity (Wildman–Crippen MR) is 458 cm³/mol. The molecular weight excluding hydrogens is 1370 g/mol. The Kier molecular flexibility index (Phi) is 7.60. The Bertz CT molecular complexity index is 8660. The van der Waals surface area contributed by atoms with Gasteiger partial charge in [0.1, 0.15) is 0 Å². The number of rotatable bonds is 5. The van der Waals surface area contributed by atoms with E-state index < -0.39 is 0 Å². The molecule has 0 aromatic heterocycles. The van der Waals surface area contributed by atoms with Gasteiger partial charge in [-0.05, 0) is 420 Å². The van der Waals surface area contributed by atoms with Crippen LogP contribution in [0.3, 0.4) is 0 Å². The van der Waals surface area contributed by atoms with Crippen LogP contribution in [0.25, 0.3) is 180 Å². The first kappa shape index (κ1) is 54.9. The van der Waals surface area contributed by atoms with Gasteiger partial charge >= 0.3 is 5.97 Å². The molecule has 0 aliphatic heterocycles. The van der Waals surface area contributed by atoms with Crippen LogP contribution in [0.4, 0.5) is 0 Å². The lowest BCUT2D eigenvalue weighted by Gasteiger charge is -2.63. The molecule has 113 heavy (non-hydrogen) atoms. The second-order valence-electron chi connectivity index (χ2n) is 41.1. The molecule has 22 aliphatic rings. The SMILES string of the molecule is C1=c2c3c4c5c6c7c8c9c%10c%11c(c%12ccc%13c%14c%15c(c2c4c7c%15c8c%11c%12%14)C%13C1)CCC=%10C1CCC(C=5CC3)C62[C@@H]3C[C@@H](c4ccccc43)C912.COC(=O)CCCC1(c2ccccc2)C23C=C4CC5=CC6C=C7Cc8cc9cc%10c%11c(c%12c%13c%14c(c4c5c4c%14c5c(c7c8c7c9c%11c%13c57)C46)C%1221)C(=C3)C%10.C[C@@H]1C[C@H](C)c2ccccc21. The molecule has 10 unspecified atom stereocenters. The van der Waals surface area contributed by atoms with E-state index in [1.807, 2.05) is 32.7 Å². The lowest BCUT2D eigenvalue weighted by atomic mass is 9.39. The number of methoxy groups -OCH3 is 1. The maximum atomic E-state index is 12.8. The topological polar surface area (TPSA) is 26.3 Å². The average Bonchev–Trinajstić information content (AvgIpc) is 1.39. The van der Waals surface area contributed by atoms with Crippen molar-refractivity contribution in [1.29, 1.82) is 0 Å². The summed E-state index contributed by atoms with van der Waals surface area (Å²) in [6.45, 7) is 4.64. The van der Waals surface area contributed by atoms with Gasteiger partial charge in [-0.1, -0.05) is 159 Å². The lowest BCUT2D eigenvalue weighted by Crippen LogP contribution is -2.62. The number of carbonyl (C=O) groups is 1. The first-order valence-corrected chi connectivity index (χ1v) is 44.2. The van der Waals surface area contributed by atoms with Crippen molar-refractivity contribution in [2.75, 3.05) is 7.11 Å². The van der Waals surface area contributed by atoms with Crippen LogP contribution in [-0.4, -0.2) is 13.1 Å². The van der Waals surface area contributed by atoms with E-state index in [1.54, 1.807) is 269 Å². The molecule has 18 aromatic rings. The Morgan fingerprint density at radius 3 is 1.74 bits per heavy atom. The number of fused-ring (bicyclic) bond motifs is 6. The number of aryl methyl sites for hydroxylation is 2. The third-order valence-electron chi connectivity index (χ3n) is 39.1. The number of hydrogen-bond donors (Lipinski definition) is 0. The molecule has 2 heteroatoms. The number of hydrogen-bond acceptors (Lipinski definition) is 2. The molecule has 40 rings (SSSR count). The third kappa shape index (κ3) is 4.42. The van der Waals surface area contributed by atoms with Gasteiger partial charge < -0.3 is 4.74 Å². The molecule has 3 spiro atoms. The van der Waals surface area contributed by atoms with Crippen molar-refractivity contribution >= 4 is 186 Å². The zero-order valence-corrected chi connectivity index (χ0v) is 63.3. The highest BCUT2D eigenvalue weighted by Crippen LogP contribution is 2.94. The molecule has 526 valence electrons. The maximum absolute atomic E-state index is 12.8. The van der Waals surface area contributed by atoms with E-state index in [0.29, 0.717) is 41.9 Å². The van der Waals surface area contributed by atoms with E-state index in [1.165, 1.54) is 68.7 Å². The van der Waals surface area contributed by atoms with Gasteiger partial charge in [-0.3, -0.25) is 4.79 Å². The molecule has 0 radical (unpaired) electrons. The molecule has 2 bridgehead atoms. The summed E-state index contributed by atoms with van der Waals surface area (Å²) in [5.41, 5.74) is 45.4. The Hall–Kier alpha value is -10.7. The van der Waals surface area contributed by atoms with E-state index in [4.69, 9.17) is 4.74 Å². The lowest BCUT2D eigenvalue weighted by molar-refractivity contribution is -0.140. The minimum absolute atomic E-state index is 0.0928. The fourth-order valence-electron chi connectivity index (χ4n) is 37.6. The smallest absolute Gasteiger partial charge is 0.305 e. The van der Waals surface area contributed by atoms with Crippen molar-refractivity contribution < 1.29 is 9.53 Å². The van der Waals surface area contributed by atoms with Crippen LogP contribution >= 0.6 is 0 Å². The Balaban J connectivity index is 0.0000000914. The van der Waals surface area contributed by atoms with Crippen molar-refractivity contribution in [1.82, 2.24) is 0 Å². The first-order valence-electron chi connectivity index (χ1n) is 44.2. The average molecular weight is 1440 g/mol. The summed E-state index contributed by atoms with van der Waals surface area (Å²) < 4.78 is 5.27. The van der Waals surface area contributed by atoms with Crippen LogP contribution < -0.4 is 15.7 Å². The van der Waals surface area contributed by atoms with Crippen molar-refractivity contribution in [2.24, 2.45) is 23.2 Å². The zero-order valence-electron chi connectivity index (χ0n) is 63.3. The van der Waals surface area contributed by atoms with Gasteiger partial charge in [-0.15, -0.1) is 0 Å². The van der Waals surface area contributed by atoms with Gasteiger partial charge in [0.05, 0.1) is 7.11 Å². The van der Waals surface area contributed by atoms with Crippen LogP contribution in [0.2, 0.25) is 0 Å². The Labute approximate surface area is 648 Å². The second-order valence-corrected chi connectivity index (χ2v) is 41.1. The quantitative estimate of drug-likeness (QED) is 0.127. The zero-order chi connectivity index (χ0) is 71.5. The molecule has 0 amide bonds. The van der Waals surface area contributed by atoms with Crippen LogP contribution in [-0.2, 0) is 56.9 Å². The highest BCUT2D eigenvalue weighted by atomic mass is 16.5. The molecule has 2 nitrogen and oxygen atoms in total. The fourth-order valence-corrected chi connectivity index (χ4v) is 37.6. The van der Waals surface area contributed by atoms with Crippen molar-refractivity contribution in [3.8, 4) is 0 Å². The van der Waals surface area contributed by atoms with E-state index in [0.717, 1.165) is 49.9 Å². The van der Waals surface area contributed by atoms with E-state index in [-0.39, 0.29) is 33.0 Å². The molecular formula is C111H70O2. The van der Waals surface area contributed by atoms with Gasteiger partial charge in [-0.2, -0.15) is 0 Å². The van der Waals surface area contributed by atoms with E-state index >= 15 is 0 Å². The standard InChI is InChI=1S/C51H28O2.C49H28.C11H14/c1-53-28(52)8-5-9-50(27-6-3-2-4-7-27)49-17-25-15-23-13-21-11-19-10-20-12-22-14-24-16-26(18-49)36-32(24)40-34(22)38-30(20)29(19)37-33(21)39-31(23)35(25)47-45-43(39)41(37)42(38)44(40)46(45)48(36)51(47,49)50;1-2-4-17-16(3-1)28-15-29(17)49-27-14-13-26-24-11-9-22-20-7-5-18-19-6-8-21-23-10-12-25(27)37-35(23)40-33(21)31(19)38-30(18)32(20)39-34(22)36(24)46(48(26,28)49)44-42(39)41(38)43(40)45(44)47(37)49;1-8-7-9(2)11-6-4-3-5-10(8)11/h2-4,6-7,11-14,17-18,21,33H,5,8-10,15-16H2,1H3;1-5,7-8,19,26-29H,6,9-15H2;3-6,8-9H,7H2,1-2H3/t;19?,26?,27?,28-,29+,48?,49?;8-,9+/m.0./s1. The summed E-state index contributed by atoms with van der Waals surface area (Å²) in [4.78, 5) is 12.8. The summed E-state index contributed by atoms with van der Waals surface area (Å²) in [5, 5.41) is 48.9. The summed E-state index contributed by atoms with van der Waals surface area (Å²) in [6.07, 6.45) is 31.1. The summed E-state index contributed by atoms with van der Waals surface area (Å²) in [6, 6.07) is 40.9. The fraction of sp³-hybridized carbons (Fsp3) is 0.288. The van der Waals surface area contributed by atoms with Crippen molar-refractivity contribution in [3.05, 3.63) is 260 Å². The monoisotopic (exact) mass is 1430 g/mol. The number of esters is 1. The van der Waals surface area contributed by atoms with Crippen LogP contribution in [0.1, 0.15) is 237 Å². The van der Waals surface area contributed by atoms with Gasteiger partial charge in [-0.25, -0.2) is 0 Å². The van der Waals surface area contributed by atoms with E-state index in [2.05, 4.69) is 147 Å². The second kappa shape index (κ2) is 15.6. The van der Waals surface area contributed by atoms with Crippen LogP contribution in [0.5, 0.6) is 0 Å². The third-order valence-corrected chi connectivity index (χ3v) is 39.1. The van der Waals surface area contributed by atoms with Gasteiger partial charge in [0.25, 0.3) is 0 Å². The number of allylic oxidation sites excluding steroid dienone is 8. The Morgan fingerprint density at radius 1 is 0.460 bits per heavy atom. The van der Waals surface area contributed by atoms with E-state index in [9.17, 15) is 4.79 Å². The predicted octanol–water partition coefficient (Wildman–Crippen LogP) is 23.1. The number of carbonyl (C=O) groups excluding carboxylic acids is 1. The van der Waals surface area contributed by atoms with Gasteiger partial charge in [0.15, 0.2) is 0 Å². The highest BCUT2D eigenvalue weighted by Gasteiger charge is 2.90. The maximum Gasteiger partial charge on any atom is 0.305 e. The summed E-state index contributed by atoms with van der Waals surface area (Å²) in [7, 11) is 1.54. The molecule has 0 heterocycles. The molecule has 3 fully saturated rings. The molecule has 0 saturated heterocycles. The van der Waals surface area contributed by atoms with Crippen LogP contribution in [0.15, 0.2) is 127 Å². The van der Waals surface area contributed by atoms with Gasteiger partial charge in [0.2, 0.25) is 0 Å². The summed E-state index contributed by atoms with van der Waals surface area (Å²) >= 11 is 0. The first-order chi connectivity index (χ1) is 55.8. The largest absolute Gasteiger partial charge is 0.469 e. The molecule has 18 aromatic carbocycles. The molecule has 0 N–H and O–H groups in total. The summed E-state index contributed by atoms with van der Waals surface area (Å²) in [5.74, 6) is 5.63. The molecule has 3 saturated carbocycles. The molecule has 22 aliphatic carbocycles. The number of ether oxygens (including phenoxy) is 1. The molecule has 14 atom stereocenters.